The minimum absolute atomic E-state index is 0.176. The summed E-state index contributed by atoms with van der Waals surface area (Å²) in [7, 11) is 0. The average molecular weight is 305 g/mol. The van der Waals surface area contributed by atoms with Crippen LogP contribution in [-0.2, 0) is 10.8 Å². The van der Waals surface area contributed by atoms with E-state index in [-0.39, 0.29) is 10.8 Å². The number of aliphatic hydroxyl groups is 1. The second-order valence-corrected chi connectivity index (χ2v) is 8.82. The number of hydrogen-bond donors (Lipinski definition) is 3. The van der Waals surface area contributed by atoms with Crippen molar-refractivity contribution < 1.29 is 10.2 Å². The third-order valence-electron chi connectivity index (χ3n) is 4.61. The summed E-state index contributed by atoms with van der Waals surface area (Å²) in [5.74, 6) is 0.692. The number of aromatic hydroxyl groups is 1. The minimum atomic E-state index is -0.495. The lowest BCUT2D eigenvalue weighted by molar-refractivity contribution is 0.122. The average Bonchev–Trinajstić information content (AvgIpc) is 3.18. The van der Waals surface area contributed by atoms with E-state index >= 15 is 0 Å². The summed E-state index contributed by atoms with van der Waals surface area (Å²) in [6.45, 7) is 12.5. The molecule has 0 aliphatic heterocycles. The van der Waals surface area contributed by atoms with Crippen LogP contribution in [0, 0.1) is 5.92 Å². The summed E-state index contributed by atoms with van der Waals surface area (Å²) in [6.07, 6.45) is 1.63. The molecule has 22 heavy (non-hydrogen) atoms. The highest BCUT2D eigenvalue weighted by Crippen LogP contribution is 2.43. The molecule has 0 heterocycles. The van der Waals surface area contributed by atoms with Crippen LogP contribution in [0.5, 0.6) is 5.75 Å². The summed E-state index contributed by atoms with van der Waals surface area (Å²) in [5.41, 5.74) is 8.69. The fraction of sp³-hybridized carbons (Fsp3) is 0.684. The number of nitrogens with two attached hydrogens (primary N) is 1. The van der Waals surface area contributed by atoms with Gasteiger partial charge in [-0.05, 0) is 58.4 Å². The molecule has 0 unspecified atom stereocenters. The van der Waals surface area contributed by atoms with Gasteiger partial charge in [-0.1, -0.05) is 41.5 Å². The van der Waals surface area contributed by atoms with E-state index in [2.05, 4.69) is 41.5 Å². The Morgan fingerprint density at radius 1 is 1.00 bits per heavy atom. The van der Waals surface area contributed by atoms with E-state index in [0.29, 0.717) is 11.7 Å². The van der Waals surface area contributed by atoms with Gasteiger partial charge in [0.1, 0.15) is 5.75 Å². The highest BCUT2D eigenvalue weighted by atomic mass is 16.3. The number of phenolic OH excluding ortho intramolecular Hbond substituents is 1. The van der Waals surface area contributed by atoms with Gasteiger partial charge in [-0.25, -0.2) is 0 Å². The van der Waals surface area contributed by atoms with E-state index in [1.807, 2.05) is 12.1 Å². The van der Waals surface area contributed by atoms with Gasteiger partial charge < -0.3 is 15.9 Å². The topological polar surface area (TPSA) is 66.5 Å². The van der Waals surface area contributed by atoms with Crippen molar-refractivity contribution >= 4 is 0 Å². The monoisotopic (exact) mass is 305 g/mol. The van der Waals surface area contributed by atoms with Crippen LogP contribution in [0.3, 0.4) is 0 Å². The van der Waals surface area contributed by atoms with Crippen LogP contribution in [0.25, 0.3) is 0 Å². The molecule has 0 spiro atoms. The SMILES string of the molecule is CC(C)(C)c1cc([C@H](N)[C@H](O)C2CC2)cc(C(C)(C)C)c1O. The molecule has 0 saturated heterocycles. The zero-order chi connectivity index (χ0) is 16.9. The Kier molecular flexibility index (Phi) is 4.35. The first-order valence-corrected chi connectivity index (χ1v) is 8.24. The van der Waals surface area contributed by atoms with Crippen LogP contribution in [-0.4, -0.2) is 16.3 Å². The Balaban J connectivity index is 2.54. The molecule has 4 N–H and O–H groups in total. The van der Waals surface area contributed by atoms with Gasteiger partial charge >= 0.3 is 0 Å². The molecular formula is C19H31NO2. The smallest absolute Gasteiger partial charge is 0.123 e. The fourth-order valence-corrected chi connectivity index (χ4v) is 2.92. The lowest BCUT2D eigenvalue weighted by Gasteiger charge is -2.30. The molecule has 1 aromatic carbocycles. The standard InChI is InChI=1S/C19H31NO2/c1-18(2,3)13-9-12(15(20)16(21)11-7-8-11)10-14(17(13)22)19(4,5)6/h9-11,15-16,21-22H,7-8,20H2,1-6H3/t15-,16+/m0/s1. The first-order valence-electron chi connectivity index (χ1n) is 8.24. The van der Waals surface area contributed by atoms with Crippen molar-refractivity contribution in [2.45, 2.75) is 77.4 Å². The van der Waals surface area contributed by atoms with Crippen molar-refractivity contribution in [1.29, 1.82) is 0 Å². The van der Waals surface area contributed by atoms with Crippen LogP contribution in [0.1, 0.15) is 77.1 Å². The zero-order valence-corrected chi connectivity index (χ0v) is 14.8. The molecule has 0 bridgehead atoms. The Morgan fingerprint density at radius 3 is 1.73 bits per heavy atom. The summed E-state index contributed by atoms with van der Waals surface area (Å²) in [5, 5.41) is 21.1. The third-order valence-corrected chi connectivity index (χ3v) is 4.61. The van der Waals surface area contributed by atoms with Crippen molar-refractivity contribution in [3.63, 3.8) is 0 Å². The predicted molar refractivity (Wildman–Crippen MR) is 91.2 cm³/mol. The van der Waals surface area contributed by atoms with Crippen LogP contribution in [0.15, 0.2) is 12.1 Å². The minimum Gasteiger partial charge on any atom is -0.507 e. The van der Waals surface area contributed by atoms with Gasteiger partial charge in [-0.2, -0.15) is 0 Å². The van der Waals surface area contributed by atoms with Gasteiger partial charge in [-0.3, -0.25) is 0 Å². The normalized spacial score (nSPS) is 19.1. The maximum atomic E-state index is 10.7. The lowest BCUT2D eigenvalue weighted by atomic mass is 9.77. The molecule has 0 aromatic heterocycles. The summed E-state index contributed by atoms with van der Waals surface area (Å²) < 4.78 is 0. The number of benzene rings is 1. The van der Waals surface area contributed by atoms with Crippen molar-refractivity contribution in [1.82, 2.24) is 0 Å². The van der Waals surface area contributed by atoms with Crippen molar-refractivity contribution in [2.75, 3.05) is 0 Å². The molecule has 0 amide bonds. The number of aliphatic hydroxyl groups excluding tert-OH is 1. The quantitative estimate of drug-likeness (QED) is 0.796. The summed E-state index contributed by atoms with van der Waals surface area (Å²) in [4.78, 5) is 0. The second kappa shape index (κ2) is 5.54. The summed E-state index contributed by atoms with van der Waals surface area (Å²) >= 11 is 0. The van der Waals surface area contributed by atoms with Crippen LogP contribution in [0.2, 0.25) is 0 Å². The molecule has 1 aromatic rings. The Bertz CT molecular complexity index is 513. The zero-order valence-electron chi connectivity index (χ0n) is 14.8. The molecule has 3 nitrogen and oxygen atoms in total. The molecule has 2 atom stereocenters. The summed E-state index contributed by atoms with van der Waals surface area (Å²) in [6, 6.07) is 3.55. The molecule has 2 rings (SSSR count). The van der Waals surface area contributed by atoms with Gasteiger partial charge in [0.25, 0.3) is 0 Å². The van der Waals surface area contributed by atoms with E-state index in [0.717, 1.165) is 29.5 Å². The van der Waals surface area contributed by atoms with Crippen molar-refractivity contribution in [3.8, 4) is 5.75 Å². The molecule has 3 heteroatoms. The molecule has 1 aliphatic rings. The van der Waals surface area contributed by atoms with Crippen molar-refractivity contribution in [3.05, 3.63) is 28.8 Å². The highest BCUT2D eigenvalue weighted by molar-refractivity contribution is 5.50. The number of hydrogen-bond acceptors (Lipinski definition) is 3. The van der Waals surface area contributed by atoms with Crippen LogP contribution in [0.4, 0.5) is 0 Å². The first-order chi connectivity index (χ1) is 9.93. The van der Waals surface area contributed by atoms with Crippen LogP contribution < -0.4 is 5.73 Å². The molecule has 0 radical (unpaired) electrons. The second-order valence-electron chi connectivity index (χ2n) is 8.82. The largest absolute Gasteiger partial charge is 0.507 e. The first kappa shape index (κ1) is 17.3. The molecule has 1 aliphatic carbocycles. The maximum absolute atomic E-state index is 10.7. The van der Waals surface area contributed by atoms with Gasteiger partial charge in [-0.15, -0.1) is 0 Å². The van der Waals surface area contributed by atoms with E-state index in [4.69, 9.17) is 5.73 Å². The van der Waals surface area contributed by atoms with Gasteiger partial charge in [0.15, 0.2) is 0 Å². The molecule has 1 saturated carbocycles. The molecule has 124 valence electrons. The van der Waals surface area contributed by atoms with Crippen molar-refractivity contribution in [2.24, 2.45) is 11.7 Å². The predicted octanol–water partition coefficient (Wildman–Crippen LogP) is 3.76. The Hall–Kier alpha value is -1.06. The third kappa shape index (κ3) is 3.47. The lowest BCUT2D eigenvalue weighted by Crippen LogP contribution is -2.29. The number of rotatable bonds is 3. The Morgan fingerprint density at radius 2 is 1.41 bits per heavy atom. The van der Waals surface area contributed by atoms with E-state index in [1.165, 1.54) is 0 Å². The van der Waals surface area contributed by atoms with Gasteiger partial charge in [0.2, 0.25) is 0 Å². The van der Waals surface area contributed by atoms with E-state index in [9.17, 15) is 10.2 Å². The van der Waals surface area contributed by atoms with Gasteiger partial charge in [0.05, 0.1) is 12.1 Å². The van der Waals surface area contributed by atoms with E-state index in [1.54, 1.807) is 0 Å². The highest BCUT2D eigenvalue weighted by Gasteiger charge is 2.35. The number of phenols is 1. The van der Waals surface area contributed by atoms with Gasteiger partial charge in [0, 0.05) is 0 Å². The van der Waals surface area contributed by atoms with Crippen LogP contribution >= 0.6 is 0 Å². The maximum Gasteiger partial charge on any atom is 0.123 e. The Labute approximate surface area is 134 Å². The van der Waals surface area contributed by atoms with E-state index < -0.39 is 12.1 Å². The fourth-order valence-electron chi connectivity index (χ4n) is 2.92. The molecular weight excluding hydrogens is 274 g/mol. The molecule has 1 fully saturated rings.